The molecule has 0 unspecified atom stereocenters. The van der Waals surface area contributed by atoms with E-state index in [2.05, 4.69) is 5.32 Å². The second kappa shape index (κ2) is 5.87. The van der Waals surface area contributed by atoms with Crippen LogP contribution in [0.15, 0.2) is 24.3 Å². The molecule has 1 aromatic rings. The summed E-state index contributed by atoms with van der Waals surface area (Å²) in [6.45, 7) is -0.263. The molecule has 0 aliphatic heterocycles. The molecule has 0 saturated heterocycles. The van der Waals surface area contributed by atoms with Gasteiger partial charge in [-0.05, 0) is 25.0 Å². The SMILES string of the molecule is O=C(COC(=O)C1CCC1)Nc1ccccc1Cl. The predicted octanol–water partition coefficient (Wildman–Crippen LogP) is 2.62. The zero-order valence-electron chi connectivity index (χ0n) is 9.82. The van der Waals surface area contributed by atoms with Crippen LogP contribution in [0.3, 0.4) is 0 Å². The number of benzene rings is 1. The topological polar surface area (TPSA) is 55.4 Å². The molecule has 5 heteroatoms. The van der Waals surface area contributed by atoms with Crippen molar-refractivity contribution < 1.29 is 14.3 Å². The first kappa shape index (κ1) is 12.9. The molecule has 18 heavy (non-hydrogen) atoms. The first-order chi connectivity index (χ1) is 8.66. The van der Waals surface area contributed by atoms with E-state index in [4.69, 9.17) is 16.3 Å². The van der Waals surface area contributed by atoms with Gasteiger partial charge in [-0.15, -0.1) is 0 Å². The van der Waals surface area contributed by atoms with E-state index in [9.17, 15) is 9.59 Å². The standard InChI is InChI=1S/C13H14ClNO3/c14-10-6-1-2-7-11(10)15-12(16)8-18-13(17)9-4-3-5-9/h1-2,6-7,9H,3-5,8H2,(H,15,16). The Bertz CT molecular complexity index is 457. The molecule has 0 atom stereocenters. The molecule has 0 bridgehead atoms. The summed E-state index contributed by atoms with van der Waals surface area (Å²) >= 11 is 5.89. The lowest BCUT2D eigenvalue weighted by atomic mass is 9.86. The Labute approximate surface area is 110 Å². The second-order valence-electron chi connectivity index (χ2n) is 4.26. The Morgan fingerprint density at radius 1 is 1.33 bits per heavy atom. The largest absolute Gasteiger partial charge is 0.455 e. The minimum absolute atomic E-state index is 0.0156. The Balaban J connectivity index is 1.78. The van der Waals surface area contributed by atoms with E-state index < -0.39 is 0 Å². The lowest BCUT2D eigenvalue weighted by Gasteiger charge is -2.22. The monoisotopic (exact) mass is 267 g/mol. The average Bonchev–Trinajstić information content (AvgIpc) is 2.27. The van der Waals surface area contributed by atoms with Gasteiger partial charge in [0.05, 0.1) is 16.6 Å². The summed E-state index contributed by atoms with van der Waals surface area (Å²) in [7, 11) is 0. The van der Waals surface area contributed by atoms with Gasteiger partial charge in [0.2, 0.25) is 0 Å². The lowest BCUT2D eigenvalue weighted by molar-refractivity contribution is -0.154. The lowest BCUT2D eigenvalue weighted by Crippen LogP contribution is -2.28. The number of carbonyl (C=O) groups excluding carboxylic acids is 2. The summed E-state index contributed by atoms with van der Waals surface area (Å²) in [5.41, 5.74) is 0.517. The van der Waals surface area contributed by atoms with Gasteiger partial charge >= 0.3 is 5.97 Å². The Kier molecular flexibility index (Phi) is 4.20. The van der Waals surface area contributed by atoms with Crippen molar-refractivity contribution in [1.82, 2.24) is 0 Å². The van der Waals surface area contributed by atoms with Crippen molar-refractivity contribution in [3.8, 4) is 0 Å². The van der Waals surface area contributed by atoms with E-state index in [1.165, 1.54) is 0 Å². The number of ether oxygens (including phenoxy) is 1. The van der Waals surface area contributed by atoms with Gasteiger partial charge in [-0.1, -0.05) is 30.2 Å². The average molecular weight is 268 g/mol. The number of hydrogen-bond donors (Lipinski definition) is 1. The number of hydrogen-bond acceptors (Lipinski definition) is 3. The van der Waals surface area contributed by atoms with Gasteiger partial charge in [0.15, 0.2) is 6.61 Å². The molecular formula is C13H14ClNO3. The van der Waals surface area contributed by atoms with Crippen LogP contribution in [-0.4, -0.2) is 18.5 Å². The molecular weight excluding hydrogens is 254 g/mol. The van der Waals surface area contributed by atoms with Crippen LogP contribution in [0.4, 0.5) is 5.69 Å². The molecule has 1 N–H and O–H groups in total. The number of esters is 1. The molecule has 4 nitrogen and oxygen atoms in total. The fourth-order valence-corrected chi connectivity index (χ4v) is 1.83. The highest BCUT2D eigenvalue weighted by atomic mass is 35.5. The van der Waals surface area contributed by atoms with Crippen molar-refractivity contribution >= 4 is 29.2 Å². The predicted molar refractivity (Wildman–Crippen MR) is 68.4 cm³/mol. The van der Waals surface area contributed by atoms with Crippen LogP contribution in [0.1, 0.15) is 19.3 Å². The fourth-order valence-electron chi connectivity index (χ4n) is 1.65. The maximum absolute atomic E-state index is 11.6. The second-order valence-corrected chi connectivity index (χ2v) is 4.67. The number of carbonyl (C=O) groups is 2. The van der Waals surface area contributed by atoms with Crippen LogP contribution < -0.4 is 5.32 Å². The van der Waals surface area contributed by atoms with Gasteiger partial charge in [0, 0.05) is 0 Å². The highest BCUT2D eigenvalue weighted by Gasteiger charge is 2.27. The highest BCUT2D eigenvalue weighted by molar-refractivity contribution is 6.33. The van der Waals surface area contributed by atoms with E-state index in [0.717, 1.165) is 19.3 Å². The van der Waals surface area contributed by atoms with Gasteiger partial charge in [0.25, 0.3) is 5.91 Å². The molecule has 96 valence electrons. The van der Waals surface area contributed by atoms with E-state index in [0.29, 0.717) is 10.7 Å². The Hall–Kier alpha value is -1.55. The number of nitrogens with one attached hydrogen (secondary N) is 1. The molecule has 0 spiro atoms. The third-order valence-corrected chi connectivity index (χ3v) is 3.26. The van der Waals surface area contributed by atoms with Crippen LogP contribution in [0, 0.1) is 5.92 Å². The molecule has 1 fully saturated rings. The normalized spacial score (nSPS) is 14.7. The molecule has 2 rings (SSSR count). The van der Waals surface area contributed by atoms with Crippen molar-refractivity contribution in [2.24, 2.45) is 5.92 Å². The zero-order chi connectivity index (χ0) is 13.0. The number of rotatable bonds is 4. The third kappa shape index (κ3) is 3.23. The van der Waals surface area contributed by atoms with Gasteiger partial charge in [-0.2, -0.15) is 0 Å². The quantitative estimate of drug-likeness (QED) is 0.853. The first-order valence-corrected chi connectivity index (χ1v) is 6.25. The highest BCUT2D eigenvalue weighted by Crippen LogP contribution is 2.27. The smallest absolute Gasteiger partial charge is 0.309 e. The van der Waals surface area contributed by atoms with Crippen molar-refractivity contribution in [3.05, 3.63) is 29.3 Å². The van der Waals surface area contributed by atoms with Crippen molar-refractivity contribution in [3.63, 3.8) is 0 Å². The van der Waals surface area contributed by atoms with Crippen molar-refractivity contribution in [1.29, 1.82) is 0 Å². The maximum Gasteiger partial charge on any atom is 0.309 e. The van der Waals surface area contributed by atoms with E-state index in [-0.39, 0.29) is 24.4 Å². The first-order valence-electron chi connectivity index (χ1n) is 5.88. The van der Waals surface area contributed by atoms with E-state index in [1.54, 1.807) is 24.3 Å². The van der Waals surface area contributed by atoms with Crippen molar-refractivity contribution in [2.45, 2.75) is 19.3 Å². The van der Waals surface area contributed by atoms with Gasteiger partial charge in [-0.3, -0.25) is 9.59 Å². The summed E-state index contributed by atoms with van der Waals surface area (Å²) in [5.74, 6) is -0.676. The molecule has 1 saturated carbocycles. The van der Waals surface area contributed by atoms with Gasteiger partial charge in [-0.25, -0.2) is 0 Å². The number of halogens is 1. The molecule has 1 aliphatic rings. The van der Waals surface area contributed by atoms with Crippen LogP contribution in [0.5, 0.6) is 0 Å². The van der Waals surface area contributed by atoms with Crippen LogP contribution in [0.25, 0.3) is 0 Å². The van der Waals surface area contributed by atoms with Crippen molar-refractivity contribution in [2.75, 3.05) is 11.9 Å². The summed E-state index contributed by atoms with van der Waals surface area (Å²) in [4.78, 5) is 23.0. The van der Waals surface area contributed by atoms with Gasteiger partial charge < -0.3 is 10.1 Å². The number of amides is 1. The summed E-state index contributed by atoms with van der Waals surface area (Å²) in [5, 5.41) is 3.05. The van der Waals surface area contributed by atoms with Crippen LogP contribution in [0.2, 0.25) is 5.02 Å². The Morgan fingerprint density at radius 2 is 2.06 bits per heavy atom. The molecule has 0 heterocycles. The summed E-state index contributed by atoms with van der Waals surface area (Å²) < 4.78 is 4.93. The van der Waals surface area contributed by atoms with Crippen LogP contribution >= 0.6 is 11.6 Å². The third-order valence-electron chi connectivity index (χ3n) is 2.93. The molecule has 0 radical (unpaired) electrons. The minimum atomic E-state index is -0.379. The molecule has 1 aliphatic carbocycles. The van der Waals surface area contributed by atoms with E-state index in [1.807, 2.05) is 0 Å². The molecule has 1 amide bonds. The summed E-state index contributed by atoms with van der Waals surface area (Å²) in [6, 6.07) is 6.90. The number of para-hydroxylation sites is 1. The Morgan fingerprint density at radius 3 is 2.67 bits per heavy atom. The van der Waals surface area contributed by atoms with Crippen LogP contribution in [-0.2, 0) is 14.3 Å². The maximum atomic E-state index is 11.6. The molecule has 0 aromatic heterocycles. The zero-order valence-corrected chi connectivity index (χ0v) is 10.6. The molecule has 1 aromatic carbocycles. The fraction of sp³-hybridized carbons (Fsp3) is 0.385. The van der Waals surface area contributed by atoms with E-state index >= 15 is 0 Å². The number of anilines is 1. The summed E-state index contributed by atoms with van der Waals surface area (Å²) in [6.07, 6.45) is 2.79. The minimum Gasteiger partial charge on any atom is -0.455 e. The van der Waals surface area contributed by atoms with Gasteiger partial charge in [0.1, 0.15) is 0 Å².